The predicted molar refractivity (Wildman–Crippen MR) is 124 cm³/mol. The molecule has 0 bridgehead atoms. The fourth-order valence-corrected chi connectivity index (χ4v) is 4.87. The lowest BCUT2D eigenvalue weighted by molar-refractivity contribution is -0.141. The highest BCUT2D eigenvalue weighted by Gasteiger charge is 2.36. The molecular formula is C22H15Cl2F3N4O3S. The quantitative estimate of drug-likeness (QED) is 0.340. The zero-order valence-electron chi connectivity index (χ0n) is 18.0. The van der Waals surface area contributed by atoms with E-state index in [1.807, 2.05) is 0 Å². The summed E-state index contributed by atoms with van der Waals surface area (Å²) in [5.41, 5.74) is -1.65. The number of sulfonamides is 1. The van der Waals surface area contributed by atoms with E-state index in [4.69, 9.17) is 23.2 Å². The standard InChI is InChI=1S/C22H15Cl2F3N4O3S/c1-12-19(21(32)30(2)35(33,34)14-6-4-3-5-7-14)20(13-8-9-15(23)16(24)10-13)31-18(28-12)11-17(29-31)22(25,26)27/h3-11H,1-2H3. The number of rotatable bonds is 4. The van der Waals surface area contributed by atoms with Gasteiger partial charge in [-0.1, -0.05) is 47.5 Å². The highest BCUT2D eigenvalue weighted by Crippen LogP contribution is 2.35. The second-order valence-electron chi connectivity index (χ2n) is 7.44. The number of carbonyl (C=O) groups is 1. The fourth-order valence-electron chi connectivity index (χ4n) is 3.44. The van der Waals surface area contributed by atoms with Gasteiger partial charge in [-0.2, -0.15) is 18.3 Å². The molecule has 2 aromatic heterocycles. The van der Waals surface area contributed by atoms with E-state index in [9.17, 15) is 26.4 Å². The van der Waals surface area contributed by atoms with E-state index in [0.29, 0.717) is 4.31 Å². The molecule has 0 fully saturated rings. The van der Waals surface area contributed by atoms with Crippen LogP contribution in [0.3, 0.4) is 0 Å². The molecule has 0 N–H and O–H groups in total. The molecule has 4 rings (SSSR count). The maximum Gasteiger partial charge on any atom is 0.435 e. The lowest BCUT2D eigenvalue weighted by atomic mass is 10.0. The molecule has 4 aromatic rings. The minimum absolute atomic E-state index is 0.00712. The third-order valence-corrected chi connectivity index (χ3v) is 7.66. The predicted octanol–water partition coefficient (Wildman–Crippen LogP) is 5.49. The van der Waals surface area contributed by atoms with Crippen molar-refractivity contribution in [2.24, 2.45) is 0 Å². The molecule has 35 heavy (non-hydrogen) atoms. The van der Waals surface area contributed by atoms with Crippen LogP contribution in [-0.2, 0) is 16.2 Å². The van der Waals surface area contributed by atoms with Gasteiger partial charge in [0.2, 0.25) is 0 Å². The number of halogens is 5. The van der Waals surface area contributed by atoms with Crippen LogP contribution in [0.25, 0.3) is 16.9 Å². The van der Waals surface area contributed by atoms with Crippen molar-refractivity contribution in [2.75, 3.05) is 7.05 Å². The first-order valence-electron chi connectivity index (χ1n) is 9.83. The number of amides is 1. The number of aromatic nitrogens is 3. The van der Waals surface area contributed by atoms with E-state index in [0.717, 1.165) is 17.6 Å². The second kappa shape index (κ2) is 8.81. The number of alkyl halides is 3. The Morgan fingerprint density at radius 1 is 1.03 bits per heavy atom. The molecule has 0 atom stereocenters. The van der Waals surface area contributed by atoms with Crippen LogP contribution in [0.15, 0.2) is 59.5 Å². The first-order chi connectivity index (χ1) is 16.3. The summed E-state index contributed by atoms with van der Waals surface area (Å²) >= 11 is 12.1. The van der Waals surface area contributed by atoms with Crippen LogP contribution in [0.2, 0.25) is 10.0 Å². The van der Waals surface area contributed by atoms with E-state index in [2.05, 4.69) is 10.1 Å². The molecule has 0 saturated heterocycles. The molecule has 0 unspecified atom stereocenters. The highest BCUT2D eigenvalue weighted by molar-refractivity contribution is 7.89. The van der Waals surface area contributed by atoms with Crippen LogP contribution >= 0.6 is 23.2 Å². The van der Waals surface area contributed by atoms with Crippen LogP contribution in [-0.4, -0.2) is 40.3 Å². The number of fused-ring (bicyclic) bond motifs is 1. The van der Waals surface area contributed by atoms with Crippen LogP contribution in [0.1, 0.15) is 21.7 Å². The Morgan fingerprint density at radius 3 is 2.29 bits per heavy atom. The van der Waals surface area contributed by atoms with Gasteiger partial charge in [0.05, 0.1) is 31.9 Å². The summed E-state index contributed by atoms with van der Waals surface area (Å²) in [6.45, 7) is 1.39. The van der Waals surface area contributed by atoms with Gasteiger partial charge in [-0.05, 0) is 31.2 Å². The number of aryl methyl sites for hydroxylation is 1. The lowest BCUT2D eigenvalue weighted by Crippen LogP contribution is -2.34. The van der Waals surface area contributed by atoms with Crippen molar-refractivity contribution in [2.45, 2.75) is 18.0 Å². The van der Waals surface area contributed by atoms with Crippen LogP contribution in [0.5, 0.6) is 0 Å². The van der Waals surface area contributed by atoms with Crippen molar-refractivity contribution in [3.63, 3.8) is 0 Å². The molecule has 0 aliphatic heterocycles. The van der Waals surface area contributed by atoms with E-state index < -0.39 is 27.8 Å². The average molecular weight is 543 g/mol. The molecule has 0 aliphatic rings. The summed E-state index contributed by atoms with van der Waals surface area (Å²) < 4.78 is 67.7. The van der Waals surface area contributed by atoms with Gasteiger partial charge in [0, 0.05) is 18.7 Å². The molecule has 0 saturated carbocycles. The lowest BCUT2D eigenvalue weighted by Gasteiger charge is -2.21. The van der Waals surface area contributed by atoms with Crippen molar-refractivity contribution in [3.05, 3.63) is 81.6 Å². The van der Waals surface area contributed by atoms with Crippen LogP contribution in [0.4, 0.5) is 13.2 Å². The number of hydrogen-bond acceptors (Lipinski definition) is 5. The SMILES string of the molecule is Cc1nc2cc(C(F)(F)F)nn2c(-c2ccc(Cl)c(Cl)c2)c1C(=O)N(C)S(=O)(=O)c1ccccc1. The van der Waals surface area contributed by atoms with Crippen LogP contribution < -0.4 is 0 Å². The number of hydrogen-bond donors (Lipinski definition) is 0. The highest BCUT2D eigenvalue weighted by atomic mass is 35.5. The minimum Gasteiger partial charge on any atom is -0.268 e. The molecule has 7 nitrogen and oxygen atoms in total. The van der Waals surface area contributed by atoms with Gasteiger partial charge in [-0.15, -0.1) is 0 Å². The van der Waals surface area contributed by atoms with Crippen LogP contribution in [0, 0.1) is 6.92 Å². The van der Waals surface area contributed by atoms with E-state index in [1.54, 1.807) is 6.07 Å². The van der Waals surface area contributed by atoms with E-state index in [-0.39, 0.29) is 43.1 Å². The normalized spacial score (nSPS) is 12.2. The third kappa shape index (κ3) is 4.46. The van der Waals surface area contributed by atoms with Gasteiger partial charge in [0.25, 0.3) is 15.9 Å². The number of nitrogens with zero attached hydrogens (tertiary/aromatic N) is 4. The van der Waals surface area contributed by atoms with Gasteiger partial charge in [-0.3, -0.25) is 4.79 Å². The maximum absolute atomic E-state index is 13.6. The van der Waals surface area contributed by atoms with E-state index in [1.165, 1.54) is 49.4 Å². The Kier molecular flexibility index (Phi) is 6.28. The molecule has 0 aliphatic carbocycles. The largest absolute Gasteiger partial charge is 0.435 e. The monoisotopic (exact) mass is 542 g/mol. The topological polar surface area (TPSA) is 84.6 Å². The van der Waals surface area contributed by atoms with Crippen molar-refractivity contribution in [3.8, 4) is 11.3 Å². The smallest absolute Gasteiger partial charge is 0.268 e. The fraction of sp³-hybridized carbons (Fsp3) is 0.136. The molecule has 13 heteroatoms. The summed E-state index contributed by atoms with van der Waals surface area (Å²) in [7, 11) is -3.24. The Labute approximate surface area is 207 Å². The molecule has 0 spiro atoms. The first kappa shape index (κ1) is 25.0. The molecular weight excluding hydrogens is 528 g/mol. The van der Waals surface area contributed by atoms with Gasteiger partial charge in [0.1, 0.15) is 0 Å². The van der Waals surface area contributed by atoms with Crippen molar-refractivity contribution in [1.29, 1.82) is 0 Å². The zero-order valence-corrected chi connectivity index (χ0v) is 20.3. The summed E-state index contributed by atoms with van der Waals surface area (Å²) in [5.74, 6) is -1.02. The van der Waals surface area contributed by atoms with Crippen molar-refractivity contribution >= 4 is 44.8 Å². The van der Waals surface area contributed by atoms with Gasteiger partial charge in [-0.25, -0.2) is 22.2 Å². The maximum atomic E-state index is 13.6. The number of carbonyl (C=O) groups excluding carboxylic acids is 1. The molecule has 2 aromatic carbocycles. The summed E-state index contributed by atoms with van der Waals surface area (Å²) in [6, 6.07) is 12.1. The summed E-state index contributed by atoms with van der Waals surface area (Å²) in [5, 5.41) is 3.85. The van der Waals surface area contributed by atoms with Gasteiger partial charge < -0.3 is 0 Å². The van der Waals surface area contributed by atoms with Crippen molar-refractivity contribution < 1.29 is 26.4 Å². The zero-order chi connectivity index (χ0) is 25.7. The average Bonchev–Trinajstić information content (AvgIpc) is 3.24. The summed E-state index contributed by atoms with van der Waals surface area (Å²) in [4.78, 5) is 17.5. The third-order valence-electron chi connectivity index (χ3n) is 5.17. The molecule has 0 radical (unpaired) electrons. The second-order valence-corrected chi connectivity index (χ2v) is 10.2. The summed E-state index contributed by atoms with van der Waals surface area (Å²) in [6.07, 6.45) is -4.78. The first-order valence-corrected chi connectivity index (χ1v) is 12.0. The van der Waals surface area contributed by atoms with Crippen molar-refractivity contribution in [1.82, 2.24) is 18.9 Å². The van der Waals surface area contributed by atoms with Gasteiger partial charge >= 0.3 is 6.18 Å². The Bertz CT molecular complexity index is 1570. The Hall–Kier alpha value is -3.15. The minimum atomic E-state index is -4.78. The van der Waals surface area contributed by atoms with E-state index >= 15 is 0 Å². The van der Waals surface area contributed by atoms with Gasteiger partial charge in [0.15, 0.2) is 11.3 Å². The molecule has 1 amide bonds. The Morgan fingerprint density at radius 2 is 1.69 bits per heavy atom. The molecule has 2 heterocycles. The number of benzene rings is 2. The Balaban J connectivity index is 2.00. The molecule has 182 valence electrons.